The van der Waals surface area contributed by atoms with Gasteiger partial charge in [-0.25, -0.2) is 8.42 Å². The molecule has 3 atom stereocenters. The zero-order chi connectivity index (χ0) is 14.3. The molecule has 0 amide bonds. The average molecular weight is 306 g/mol. The summed E-state index contributed by atoms with van der Waals surface area (Å²) in [4.78, 5) is 2.15. The van der Waals surface area contributed by atoms with E-state index >= 15 is 0 Å². The highest BCUT2D eigenvalue weighted by Crippen LogP contribution is 2.40. The van der Waals surface area contributed by atoms with Gasteiger partial charge in [0.25, 0.3) is 0 Å². The van der Waals surface area contributed by atoms with Crippen LogP contribution in [0.3, 0.4) is 0 Å². The molecule has 112 valence electrons. The zero-order valence-electron chi connectivity index (χ0n) is 12.1. The van der Waals surface area contributed by atoms with Crippen molar-refractivity contribution in [3.8, 4) is 0 Å². The monoisotopic (exact) mass is 306 g/mol. The Labute approximate surface area is 121 Å². The first-order chi connectivity index (χ1) is 8.72. The van der Waals surface area contributed by atoms with E-state index in [4.69, 9.17) is 5.73 Å². The molecule has 0 radical (unpaired) electrons. The lowest BCUT2D eigenvalue weighted by Gasteiger charge is -2.37. The van der Waals surface area contributed by atoms with Crippen LogP contribution < -0.4 is 5.73 Å². The third-order valence-electron chi connectivity index (χ3n) is 4.72. The lowest BCUT2D eigenvalue weighted by Crippen LogP contribution is -2.51. The van der Waals surface area contributed by atoms with Crippen molar-refractivity contribution < 1.29 is 8.42 Å². The summed E-state index contributed by atoms with van der Waals surface area (Å²) < 4.78 is 23.8. The molecule has 1 aliphatic carbocycles. The highest BCUT2D eigenvalue weighted by atomic mass is 32.2. The largest absolute Gasteiger partial charge is 0.327 e. The van der Waals surface area contributed by atoms with Crippen molar-refractivity contribution in [2.75, 3.05) is 30.9 Å². The molecule has 1 saturated heterocycles. The molecular weight excluding hydrogens is 280 g/mol. The summed E-state index contributed by atoms with van der Waals surface area (Å²) in [5, 5.41) is -0.317. The first-order valence-electron chi connectivity index (χ1n) is 6.98. The molecule has 0 aromatic heterocycles. The summed E-state index contributed by atoms with van der Waals surface area (Å²) in [7, 11) is -3.00. The number of hydrogen-bond donors (Lipinski definition) is 1. The van der Waals surface area contributed by atoms with Gasteiger partial charge in [-0.1, -0.05) is 13.8 Å². The van der Waals surface area contributed by atoms with Gasteiger partial charge in [0.1, 0.15) is 5.37 Å². The Morgan fingerprint density at radius 3 is 2.63 bits per heavy atom. The van der Waals surface area contributed by atoms with Crippen LogP contribution in [0.4, 0.5) is 0 Å². The second kappa shape index (κ2) is 5.54. The second-order valence-corrected chi connectivity index (χ2v) is 10.0. The van der Waals surface area contributed by atoms with E-state index in [1.165, 1.54) is 6.26 Å². The summed E-state index contributed by atoms with van der Waals surface area (Å²) in [5.41, 5.74) is 6.54. The minimum atomic E-state index is -3.00. The molecule has 2 rings (SSSR count). The van der Waals surface area contributed by atoms with Crippen LogP contribution in [-0.4, -0.2) is 55.6 Å². The van der Waals surface area contributed by atoms with Crippen LogP contribution in [0.15, 0.2) is 0 Å². The zero-order valence-corrected chi connectivity index (χ0v) is 13.8. The minimum absolute atomic E-state index is 0.183. The number of thioether (sulfide) groups is 1. The normalized spacial score (nSPS) is 36.5. The Balaban J connectivity index is 2.05. The predicted molar refractivity (Wildman–Crippen MR) is 82.0 cm³/mol. The molecule has 0 spiro atoms. The van der Waals surface area contributed by atoms with Crippen LogP contribution in [0.25, 0.3) is 0 Å². The number of nitrogens with two attached hydrogens (primary N) is 1. The highest BCUT2D eigenvalue weighted by molar-refractivity contribution is 8.00. The van der Waals surface area contributed by atoms with E-state index < -0.39 is 9.84 Å². The summed E-state index contributed by atoms with van der Waals surface area (Å²) in [6.07, 6.45) is 3.62. The molecular formula is C13H26N2O2S2. The number of nitrogens with zero attached hydrogens (tertiary/aromatic N) is 1. The number of sulfone groups is 1. The van der Waals surface area contributed by atoms with E-state index in [2.05, 4.69) is 18.7 Å². The highest BCUT2D eigenvalue weighted by Gasteiger charge is 2.42. The molecule has 2 N–H and O–H groups in total. The van der Waals surface area contributed by atoms with Crippen LogP contribution in [-0.2, 0) is 9.84 Å². The lowest BCUT2D eigenvalue weighted by atomic mass is 9.85. The first kappa shape index (κ1) is 15.6. The van der Waals surface area contributed by atoms with Gasteiger partial charge in [0.2, 0.25) is 0 Å². The third-order valence-corrected chi connectivity index (χ3v) is 7.41. The van der Waals surface area contributed by atoms with Crippen molar-refractivity contribution in [2.24, 2.45) is 17.1 Å². The summed E-state index contributed by atoms with van der Waals surface area (Å²) in [5.74, 6) is 2.16. The van der Waals surface area contributed by atoms with E-state index in [1.807, 2.05) is 0 Å². The fourth-order valence-electron chi connectivity index (χ4n) is 3.27. The number of rotatable bonds is 3. The Morgan fingerprint density at radius 2 is 2.11 bits per heavy atom. The van der Waals surface area contributed by atoms with E-state index in [-0.39, 0.29) is 16.8 Å². The van der Waals surface area contributed by atoms with Crippen LogP contribution >= 0.6 is 11.8 Å². The van der Waals surface area contributed by atoms with Crippen molar-refractivity contribution >= 4 is 21.6 Å². The fraction of sp³-hybridized carbons (Fsp3) is 1.00. The van der Waals surface area contributed by atoms with Crippen molar-refractivity contribution in [1.82, 2.24) is 4.90 Å². The predicted octanol–water partition coefficient (Wildman–Crippen LogP) is 1.17. The van der Waals surface area contributed by atoms with Crippen molar-refractivity contribution in [3.63, 3.8) is 0 Å². The van der Waals surface area contributed by atoms with Gasteiger partial charge in [0.15, 0.2) is 9.84 Å². The first-order valence-corrected chi connectivity index (χ1v) is 10.1. The third kappa shape index (κ3) is 3.46. The van der Waals surface area contributed by atoms with Crippen molar-refractivity contribution in [2.45, 2.75) is 38.1 Å². The molecule has 1 saturated carbocycles. The molecule has 0 aromatic rings. The van der Waals surface area contributed by atoms with E-state index in [9.17, 15) is 8.42 Å². The van der Waals surface area contributed by atoms with E-state index in [0.717, 1.165) is 31.7 Å². The summed E-state index contributed by atoms with van der Waals surface area (Å²) in [6.45, 7) is 6.14. The Morgan fingerprint density at radius 1 is 1.42 bits per heavy atom. The molecule has 19 heavy (non-hydrogen) atoms. The van der Waals surface area contributed by atoms with E-state index in [0.29, 0.717) is 11.7 Å². The minimum Gasteiger partial charge on any atom is -0.327 e. The van der Waals surface area contributed by atoms with E-state index in [1.54, 1.807) is 11.8 Å². The maximum atomic E-state index is 11.9. The van der Waals surface area contributed by atoms with Gasteiger partial charge < -0.3 is 5.73 Å². The van der Waals surface area contributed by atoms with Gasteiger partial charge in [-0.3, -0.25) is 4.90 Å². The Bertz CT molecular complexity index is 422. The standard InChI is InChI=1S/C13H26N2O2S2/c1-13(2)5-4-10(12(13)14)8-15-6-7-18-9-11(15)19(3,16)17/h10-12H,4-9,14H2,1-3H3. The van der Waals surface area contributed by atoms with Gasteiger partial charge in [0, 0.05) is 36.9 Å². The van der Waals surface area contributed by atoms with Crippen molar-refractivity contribution in [1.29, 1.82) is 0 Å². The average Bonchev–Trinajstić information content (AvgIpc) is 2.56. The van der Waals surface area contributed by atoms with Crippen LogP contribution in [0, 0.1) is 11.3 Å². The van der Waals surface area contributed by atoms with Crippen LogP contribution in [0.2, 0.25) is 0 Å². The molecule has 0 aromatic carbocycles. The smallest absolute Gasteiger partial charge is 0.164 e. The van der Waals surface area contributed by atoms with Crippen LogP contribution in [0.1, 0.15) is 26.7 Å². The Kier molecular flexibility index (Phi) is 4.55. The van der Waals surface area contributed by atoms with Gasteiger partial charge in [-0.2, -0.15) is 11.8 Å². The van der Waals surface area contributed by atoms with Gasteiger partial charge in [-0.05, 0) is 24.2 Å². The Hall–Kier alpha value is 0.220. The summed E-state index contributed by atoms with van der Waals surface area (Å²) in [6, 6.07) is 0.183. The molecule has 2 aliphatic rings. The van der Waals surface area contributed by atoms with Crippen LogP contribution in [0.5, 0.6) is 0 Å². The van der Waals surface area contributed by atoms with Gasteiger partial charge >= 0.3 is 0 Å². The van der Waals surface area contributed by atoms with Crippen molar-refractivity contribution in [3.05, 3.63) is 0 Å². The number of hydrogen-bond acceptors (Lipinski definition) is 5. The molecule has 0 bridgehead atoms. The second-order valence-electron chi connectivity index (χ2n) is 6.67. The quantitative estimate of drug-likeness (QED) is 0.848. The molecule has 1 aliphatic heterocycles. The lowest BCUT2D eigenvalue weighted by molar-refractivity contribution is 0.202. The van der Waals surface area contributed by atoms with Gasteiger partial charge in [0.05, 0.1) is 0 Å². The molecule has 1 heterocycles. The fourth-order valence-corrected chi connectivity index (χ4v) is 6.22. The topological polar surface area (TPSA) is 63.4 Å². The maximum Gasteiger partial charge on any atom is 0.164 e. The molecule has 2 fully saturated rings. The SMILES string of the molecule is CC1(C)CCC(CN2CCSCC2S(C)(=O)=O)C1N. The molecule has 3 unspecified atom stereocenters. The maximum absolute atomic E-state index is 11.9. The van der Waals surface area contributed by atoms with Gasteiger partial charge in [-0.15, -0.1) is 0 Å². The molecule has 4 nitrogen and oxygen atoms in total. The molecule has 6 heteroatoms. The summed E-state index contributed by atoms with van der Waals surface area (Å²) >= 11 is 1.74.